The molecular weight excluding hydrogens is 440 g/mol. The fourth-order valence-electron chi connectivity index (χ4n) is 3.14. The van der Waals surface area contributed by atoms with E-state index in [0.29, 0.717) is 27.6 Å². The number of hydrogen-bond donors (Lipinski definition) is 1. The fourth-order valence-corrected chi connectivity index (χ4v) is 3.33. The SMILES string of the molecule is O=C(COc1ccccc1Cl)N/N=C\c1c(OC(=O)c2ccccc2)ccc2ccccc12. The van der Waals surface area contributed by atoms with E-state index in [1.807, 2.05) is 36.4 Å². The quantitative estimate of drug-likeness (QED) is 0.178. The summed E-state index contributed by atoms with van der Waals surface area (Å²) in [4.78, 5) is 24.7. The molecule has 0 aliphatic rings. The van der Waals surface area contributed by atoms with E-state index in [1.165, 1.54) is 6.21 Å². The second kappa shape index (κ2) is 10.4. The Labute approximate surface area is 195 Å². The Balaban J connectivity index is 1.51. The number of nitrogens with one attached hydrogen (secondary N) is 1. The molecule has 1 N–H and O–H groups in total. The van der Waals surface area contributed by atoms with E-state index < -0.39 is 11.9 Å². The summed E-state index contributed by atoms with van der Waals surface area (Å²) < 4.78 is 11.0. The molecule has 0 unspecified atom stereocenters. The van der Waals surface area contributed by atoms with Gasteiger partial charge in [-0.15, -0.1) is 0 Å². The van der Waals surface area contributed by atoms with Gasteiger partial charge in [0.25, 0.3) is 5.91 Å². The Morgan fingerprint density at radius 3 is 2.39 bits per heavy atom. The number of ether oxygens (including phenoxy) is 2. The van der Waals surface area contributed by atoms with E-state index in [0.717, 1.165) is 10.8 Å². The lowest BCUT2D eigenvalue weighted by atomic mass is 10.0. The van der Waals surface area contributed by atoms with E-state index in [9.17, 15) is 9.59 Å². The number of hydrazone groups is 1. The van der Waals surface area contributed by atoms with Crippen LogP contribution in [0.5, 0.6) is 11.5 Å². The van der Waals surface area contributed by atoms with Gasteiger partial charge < -0.3 is 9.47 Å². The molecule has 164 valence electrons. The first-order valence-corrected chi connectivity index (χ1v) is 10.5. The maximum absolute atomic E-state index is 12.6. The van der Waals surface area contributed by atoms with Gasteiger partial charge in [-0.2, -0.15) is 5.10 Å². The zero-order valence-electron chi connectivity index (χ0n) is 17.4. The first kappa shape index (κ1) is 22.0. The molecule has 7 heteroatoms. The van der Waals surface area contributed by atoms with Gasteiger partial charge in [0.15, 0.2) is 6.61 Å². The third-order valence-electron chi connectivity index (χ3n) is 4.72. The van der Waals surface area contributed by atoms with E-state index in [-0.39, 0.29) is 6.61 Å². The van der Waals surface area contributed by atoms with Crippen LogP contribution in [0.1, 0.15) is 15.9 Å². The predicted octanol–water partition coefficient (Wildman–Crippen LogP) is 5.24. The van der Waals surface area contributed by atoms with Crippen molar-refractivity contribution in [2.75, 3.05) is 6.61 Å². The lowest BCUT2D eigenvalue weighted by molar-refractivity contribution is -0.123. The van der Waals surface area contributed by atoms with Gasteiger partial charge in [-0.1, -0.05) is 72.3 Å². The number of benzene rings is 4. The van der Waals surface area contributed by atoms with Gasteiger partial charge >= 0.3 is 5.97 Å². The van der Waals surface area contributed by atoms with Crippen LogP contribution in [0.4, 0.5) is 0 Å². The van der Waals surface area contributed by atoms with Gasteiger partial charge in [0.2, 0.25) is 0 Å². The van der Waals surface area contributed by atoms with Gasteiger partial charge in [0.05, 0.1) is 16.8 Å². The zero-order valence-corrected chi connectivity index (χ0v) is 18.2. The van der Waals surface area contributed by atoms with Crippen molar-refractivity contribution >= 4 is 40.5 Å². The zero-order chi connectivity index (χ0) is 23.0. The molecule has 0 saturated heterocycles. The monoisotopic (exact) mass is 458 g/mol. The third-order valence-corrected chi connectivity index (χ3v) is 5.03. The van der Waals surface area contributed by atoms with Crippen LogP contribution < -0.4 is 14.9 Å². The van der Waals surface area contributed by atoms with Crippen molar-refractivity contribution in [3.8, 4) is 11.5 Å². The maximum Gasteiger partial charge on any atom is 0.343 e. The number of fused-ring (bicyclic) bond motifs is 1. The van der Waals surface area contributed by atoms with Crippen molar-refractivity contribution in [3.63, 3.8) is 0 Å². The van der Waals surface area contributed by atoms with Crippen LogP contribution >= 0.6 is 11.6 Å². The lowest BCUT2D eigenvalue weighted by Crippen LogP contribution is -2.24. The van der Waals surface area contributed by atoms with Crippen molar-refractivity contribution in [1.82, 2.24) is 5.43 Å². The van der Waals surface area contributed by atoms with Crippen LogP contribution in [-0.4, -0.2) is 24.7 Å². The molecule has 0 saturated carbocycles. The molecular formula is C26H19ClN2O4. The summed E-state index contributed by atoms with van der Waals surface area (Å²) in [5.41, 5.74) is 3.41. The molecule has 0 aliphatic heterocycles. The van der Waals surface area contributed by atoms with Crippen LogP contribution in [0.15, 0.2) is 96.1 Å². The molecule has 4 rings (SSSR count). The van der Waals surface area contributed by atoms with Gasteiger partial charge in [-0.25, -0.2) is 10.2 Å². The van der Waals surface area contributed by atoms with E-state index >= 15 is 0 Å². The highest BCUT2D eigenvalue weighted by Gasteiger charge is 2.13. The molecule has 1 amide bonds. The fraction of sp³-hybridized carbons (Fsp3) is 0.0385. The summed E-state index contributed by atoms with van der Waals surface area (Å²) in [6.07, 6.45) is 1.45. The van der Waals surface area contributed by atoms with Gasteiger partial charge in [-0.3, -0.25) is 4.79 Å². The molecule has 0 radical (unpaired) electrons. The number of nitrogens with zero attached hydrogens (tertiary/aromatic N) is 1. The number of para-hydroxylation sites is 1. The molecule has 4 aromatic rings. The maximum atomic E-state index is 12.6. The number of carbonyl (C=O) groups excluding carboxylic acids is 2. The number of rotatable bonds is 7. The topological polar surface area (TPSA) is 77.0 Å². The average molecular weight is 459 g/mol. The van der Waals surface area contributed by atoms with Crippen molar-refractivity contribution in [3.05, 3.63) is 107 Å². The Morgan fingerprint density at radius 1 is 0.848 bits per heavy atom. The molecule has 0 spiro atoms. The standard InChI is InChI=1S/C26H19ClN2O4/c27-22-12-6-7-13-24(22)32-17-25(30)29-28-16-21-20-11-5-4-8-18(20)14-15-23(21)33-26(31)19-9-2-1-3-10-19/h1-16H,17H2,(H,29,30)/b28-16-. The van der Waals surface area contributed by atoms with Crippen molar-refractivity contribution < 1.29 is 19.1 Å². The number of amides is 1. The minimum Gasteiger partial charge on any atom is -0.482 e. The molecule has 0 aromatic heterocycles. The van der Waals surface area contributed by atoms with Crippen molar-refractivity contribution in [1.29, 1.82) is 0 Å². The summed E-state index contributed by atoms with van der Waals surface area (Å²) in [5.74, 6) is -0.220. The first-order chi connectivity index (χ1) is 16.1. The Morgan fingerprint density at radius 2 is 1.58 bits per heavy atom. The minimum absolute atomic E-state index is 0.257. The Hall–Kier alpha value is -4.16. The van der Waals surface area contributed by atoms with E-state index in [1.54, 1.807) is 54.6 Å². The molecule has 4 aromatic carbocycles. The Kier molecular flexibility index (Phi) is 6.97. The largest absolute Gasteiger partial charge is 0.482 e. The highest BCUT2D eigenvalue weighted by molar-refractivity contribution is 6.32. The van der Waals surface area contributed by atoms with Gasteiger partial charge in [0.1, 0.15) is 11.5 Å². The molecule has 6 nitrogen and oxygen atoms in total. The van der Waals surface area contributed by atoms with Crippen LogP contribution in [0.3, 0.4) is 0 Å². The number of hydrogen-bond acceptors (Lipinski definition) is 5. The summed E-state index contributed by atoms with van der Waals surface area (Å²) in [7, 11) is 0. The number of esters is 1. The molecule has 0 fully saturated rings. The molecule has 0 aliphatic carbocycles. The summed E-state index contributed by atoms with van der Waals surface area (Å²) >= 11 is 6.02. The van der Waals surface area contributed by atoms with Gasteiger partial charge in [-0.05, 0) is 41.1 Å². The normalized spacial score (nSPS) is 10.8. The van der Waals surface area contributed by atoms with Gasteiger partial charge in [0, 0.05) is 5.56 Å². The predicted molar refractivity (Wildman–Crippen MR) is 128 cm³/mol. The van der Waals surface area contributed by atoms with E-state index in [2.05, 4.69) is 10.5 Å². The molecule has 0 heterocycles. The average Bonchev–Trinajstić information content (AvgIpc) is 2.85. The third kappa shape index (κ3) is 5.56. The minimum atomic E-state index is -0.488. The second-order valence-corrected chi connectivity index (χ2v) is 7.37. The highest BCUT2D eigenvalue weighted by Crippen LogP contribution is 2.27. The highest BCUT2D eigenvalue weighted by atomic mass is 35.5. The van der Waals surface area contributed by atoms with E-state index in [4.69, 9.17) is 21.1 Å². The Bertz CT molecular complexity index is 1320. The summed E-state index contributed by atoms with van der Waals surface area (Å²) in [6, 6.07) is 26.7. The lowest BCUT2D eigenvalue weighted by Gasteiger charge is -2.10. The van der Waals surface area contributed by atoms with Crippen LogP contribution in [0.25, 0.3) is 10.8 Å². The number of halogens is 1. The van der Waals surface area contributed by atoms with Crippen LogP contribution in [0, 0.1) is 0 Å². The molecule has 0 bridgehead atoms. The number of carbonyl (C=O) groups is 2. The van der Waals surface area contributed by atoms with Crippen molar-refractivity contribution in [2.45, 2.75) is 0 Å². The smallest absolute Gasteiger partial charge is 0.343 e. The first-order valence-electron chi connectivity index (χ1n) is 10.1. The summed E-state index contributed by atoms with van der Waals surface area (Å²) in [5, 5.41) is 6.21. The second-order valence-electron chi connectivity index (χ2n) is 6.97. The molecule has 0 atom stereocenters. The van der Waals surface area contributed by atoms with Crippen LogP contribution in [-0.2, 0) is 4.79 Å². The molecule has 33 heavy (non-hydrogen) atoms. The summed E-state index contributed by atoms with van der Waals surface area (Å²) in [6.45, 7) is -0.257. The van der Waals surface area contributed by atoms with Crippen LogP contribution in [0.2, 0.25) is 5.02 Å². The van der Waals surface area contributed by atoms with Crippen molar-refractivity contribution in [2.24, 2.45) is 5.10 Å².